The van der Waals surface area contributed by atoms with Crippen molar-refractivity contribution in [2.45, 2.75) is 26.5 Å². The second-order valence-corrected chi connectivity index (χ2v) is 8.89. The van der Waals surface area contributed by atoms with Gasteiger partial charge in [-0.25, -0.2) is 0 Å². The summed E-state index contributed by atoms with van der Waals surface area (Å²) in [6.45, 7) is 2.07. The number of ether oxygens (including phenoxy) is 2. The molecule has 0 radical (unpaired) electrons. The fourth-order valence-electron chi connectivity index (χ4n) is 2.86. The predicted molar refractivity (Wildman–Crippen MR) is 125 cm³/mol. The second kappa shape index (κ2) is 9.79. The zero-order chi connectivity index (χ0) is 20.8. The topological polar surface area (TPSA) is 18.5 Å². The van der Waals surface area contributed by atoms with E-state index in [4.69, 9.17) is 9.47 Å². The van der Waals surface area contributed by atoms with Crippen LogP contribution in [0.15, 0.2) is 117 Å². The minimum Gasteiger partial charge on any atom is -0.497 e. The van der Waals surface area contributed by atoms with Gasteiger partial charge in [0.1, 0.15) is 17.2 Å². The quantitative estimate of drug-likeness (QED) is 0.295. The first-order chi connectivity index (χ1) is 14.7. The van der Waals surface area contributed by atoms with Crippen molar-refractivity contribution in [1.29, 1.82) is 0 Å². The number of hydrogen-bond donors (Lipinski definition) is 0. The van der Waals surface area contributed by atoms with Crippen LogP contribution in [-0.4, -0.2) is 7.11 Å². The van der Waals surface area contributed by atoms with Crippen molar-refractivity contribution >= 4 is 23.5 Å². The predicted octanol–water partition coefficient (Wildman–Crippen LogP) is 8.10. The minimum atomic E-state index is 0.842. The molecule has 4 aromatic carbocycles. The van der Waals surface area contributed by atoms with Crippen LogP contribution in [0.5, 0.6) is 17.2 Å². The average molecular weight is 431 g/mol. The Kier molecular flexibility index (Phi) is 6.67. The third kappa shape index (κ3) is 5.21. The van der Waals surface area contributed by atoms with Crippen molar-refractivity contribution in [3.8, 4) is 17.2 Å². The Balaban J connectivity index is 1.57. The van der Waals surface area contributed by atoms with E-state index < -0.39 is 0 Å². The van der Waals surface area contributed by atoms with Crippen LogP contribution in [0.2, 0.25) is 0 Å². The standard InChI is InChI=1S/C26H22O2S2/c1-19-11-13-21(14-12-19)28-23-7-3-4-8-24(23)30-26-10-6-5-9-25(26)29-22-17-15-20(27-2)16-18-22/h3-18H,1-2H3. The fourth-order valence-corrected chi connectivity index (χ4v) is 4.86. The van der Waals surface area contributed by atoms with Crippen LogP contribution in [0, 0.1) is 6.92 Å². The van der Waals surface area contributed by atoms with E-state index in [1.807, 2.05) is 42.5 Å². The summed E-state index contributed by atoms with van der Waals surface area (Å²) in [5.74, 6) is 2.56. The molecule has 0 N–H and O–H groups in total. The van der Waals surface area contributed by atoms with Crippen LogP contribution >= 0.6 is 23.5 Å². The molecule has 0 fully saturated rings. The molecule has 0 heterocycles. The van der Waals surface area contributed by atoms with Gasteiger partial charge in [-0.05, 0) is 67.6 Å². The van der Waals surface area contributed by atoms with Crippen molar-refractivity contribution in [3.63, 3.8) is 0 Å². The molecule has 0 spiro atoms. The molecule has 4 heteroatoms. The first-order valence-electron chi connectivity index (χ1n) is 9.63. The summed E-state index contributed by atoms with van der Waals surface area (Å²) in [4.78, 5) is 4.66. The highest BCUT2D eigenvalue weighted by Crippen LogP contribution is 2.42. The Hall–Kier alpha value is -2.82. The molecule has 0 unspecified atom stereocenters. The van der Waals surface area contributed by atoms with Crippen molar-refractivity contribution in [3.05, 3.63) is 103 Å². The van der Waals surface area contributed by atoms with E-state index in [1.54, 1.807) is 30.6 Å². The number of para-hydroxylation sites is 1. The molecular weight excluding hydrogens is 408 g/mol. The summed E-state index contributed by atoms with van der Waals surface area (Å²) in [6.07, 6.45) is 0. The lowest BCUT2D eigenvalue weighted by atomic mass is 10.2. The Morgan fingerprint density at radius 1 is 0.567 bits per heavy atom. The van der Waals surface area contributed by atoms with Gasteiger partial charge in [-0.1, -0.05) is 65.5 Å². The molecule has 4 aromatic rings. The van der Waals surface area contributed by atoms with Crippen molar-refractivity contribution in [2.75, 3.05) is 7.11 Å². The van der Waals surface area contributed by atoms with E-state index in [2.05, 4.69) is 61.5 Å². The fraction of sp³-hybridized carbons (Fsp3) is 0.0769. The Bertz CT molecular complexity index is 1110. The molecule has 0 saturated heterocycles. The maximum absolute atomic E-state index is 6.18. The number of methoxy groups -OCH3 is 1. The maximum Gasteiger partial charge on any atom is 0.141 e. The molecule has 150 valence electrons. The number of aryl methyl sites for hydroxylation is 1. The highest BCUT2D eigenvalue weighted by molar-refractivity contribution is 8.02. The van der Waals surface area contributed by atoms with Gasteiger partial charge >= 0.3 is 0 Å². The summed E-state index contributed by atoms with van der Waals surface area (Å²) in [5.41, 5.74) is 1.22. The van der Waals surface area contributed by atoms with Gasteiger partial charge in [0.05, 0.1) is 12.0 Å². The third-order valence-corrected chi connectivity index (χ3v) is 6.80. The van der Waals surface area contributed by atoms with Crippen LogP contribution in [0.1, 0.15) is 5.56 Å². The van der Waals surface area contributed by atoms with E-state index in [0.29, 0.717) is 0 Å². The average Bonchev–Trinajstić information content (AvgIpc) is 2.78. The van der Waals surface area contributed by atoms with Gasteiger partial charge in [0.25, 0.3) is 0 Å². The molecule has 4 rings (SSSR count). The molecule has 0 aliphatic rings. The highest BCUT2D eigenvalue weighted by Gasteiger charge is 2.11. The molecule has 0 saturated carbocycles. The molecule has 0 aliphatic carbocycles. The largest absolute Gasteiger partial charge is 0.497 e. The van der Waals surface area contributed by atoms with Crippen LogP contribution in [0.4, 0.5) is 0 Å². The monoisotopic (exact) mass is 430 g/mol. The molecule has 0 aliphatic heterocycles. The summed E-state index contributed by atoms with van der Waals surface area (Å²) >= 11 is 3.47. The summed E-state index contributed by atoms with van der Waals surface area (Å²) in [5, 5.41) is 0. The number of benzene rings is 4. The first kappa shape index (κ1) is 20.5. The van der Waals surface area contributed by atoms with Gasteiger partial charge in [-0.15, -0.1) is 0 Å². The van der Waals surface area contributed by atoms with E-state index >= 15 is 0 Å². The zero-order valence-electron chi connectivity index (χ0n) is 16.9. The lowest BCUT2D eigenvalue weighted by molar-refractivity contribution is 0.414. The molecule has 2 nitrogen and oxygen atoms in total. The van der Waals surface area contributed by atoms with Crippen molar-refractivity contribution in [1.82, 2.24) is 0 Å². The highest BCUT2D eigenvalue weighted by atomic mass is 32.2. The van der Waals surface area contributed by atoms with Gasteiger partial charge in [-0.3, -0.25) is 0 Å². The third-order valence-electron chi connectivity index (χ3n) is 4.45. The normalized spacial score (nSPS) is 10.6. The van der Waals surface area contributed by atoms with Crippen molar-refractivity contribution < 1.29 is 9.47 Å². The van der Waals surface area contributed by atoms with Gasteiger partial charge in [0, 0.05) is 14.7 Å². The molecular formula is C26H22O2S2. The summed E-state index contributed by atoms with van der Waals surface area (Å²) in [7, 11) is 1.68. The molecule has 0 bridgehead atoms. The van der Waals surface area contributed by atoms with E-state index in [9.17, 15) is 0 Å². The molecule has 0 atom stereocenters. The van der Waals surface area contributed by atoms with Crippen LogP contribution in [-0.2, 0) is 0 Å². The van der Waals surface area contributed by atoms with Gasteiger partial charge in [0.15, 0.2) is 0 Å². The van der Waals surface area contributed by atoms with Gasteiger partial charge in [-0.2, -0.15) is 0 Å². The number of rotatable bonds is 7. The SMILES string of the molecule is COc1ccc(Sc2ccccc2Sc2ccccc2Oc2ccc(C)cc2)cc1. The molecule has 30 heavy (non-hydrogen) atoms. The van der Waals surface area contributed by atoms with Crippen LogP contribution in [0.3, 0.4) is 0 Å². The first-order valence-corrected chi connectivity index (χ1v) is 11.3. The smallest absolute Gasteiger partial charge is 0.141 e. The van der Waals surface area contributed by atoms with E-state index in [-0.39, 0.29) is 0 Å². The second-order valence-electron chi connectivity index (χ2n) is 6.69. The van der Waals surface area contributed by atoms with Gasteiger partial charge < -0.3 is 9.47 Å². The Morgan fingerprint density at radius 3 is 1.80 bits per heavy atom. The van der Waals surface area contributed by atoms with E-state index in [1.165, 1.54) is 20.2 Å². The van der Waals surface area contributed by atoms with Crippen LogP contribution in [0.25, 0.3) is 0 Å². The van der Waals surface area contributed by atoms with Crippen molar-refractivity contribution in [2.24, 2.45) is 0 Å². The summed E-state index contributed by atoms with van der Waals surface area (Å²) in [6, 6.07) is 32.9. The zero-order valence-corrected chi connectivity index (χ0v) is 18.5. The lowest BCUT2D eigenvalue weighted by Gasteiger charge is -2.13. The van der Waals surface area contributed by atoms with E-state index in [0.717, 1.165) is 22.1 Å². The molecule has 0 aromatic heterocycles. The minimum absolute atomic E-state index is 0.842. The maximum atomic E-state index is 6.18. The van der Waals surface area contributed by atoms with Gasteiger partial charge in [0.2, 0.25) is 0 Å². The number of hydrogen-bond acceptors (Lipinski definition) is 4. The van der Waals surface area contributed by atoms with Crippen LogP contribution < -0.4 is 9.47 Å². The lowest BCUT2D eigenvalue weighted by Crippen LogP contribution is -1.88. The summed E-state index contributed by atoms with van der Waals surface area (Å²) < 4.78 is 11.4. The molecule has 0 amide bonds. The Morgan fingerprint density at radius 2 is 1.13 bits per heavy atom. The Labute approximate surface area is 186 Å².